The molecule has 1 amide bonds. The number of para-hydroxylation sites is 1. The lowest BCUT2D eigenvalue weighted by Crippen LogP contribution is -2.32. The minimum atomic E-state index is -0.678. The Hall–Kier alpha value is -3.38. The van der Waals surface area contributed by atoms with Crippen LogP contribution < -0.4 is 0 Å². The second-order valence-electron chi connectivity index (χ2n) is 8.89. The van der Waals surface area contributed by atoms with Gasteiger partial charge < -0.3 is 19.3 Å². The smallest absolute Gasteiger partial charge is 0.295 e. The maximum absolute atomic E-state index is 13.3. The highest BCUT2D eigenvalue weighted by Crippen LogP contribution is 2.42. The van der Waals surface area contributed by atoms with Gasteiger partial charge in [0, 0.05) is 48.9 Å². The quantitative estimate of drug-likeness (QED) is 0.365. The molecule has 33 heavy (non-hydrogen) atoms. The number of likely N-dealkylation sites (tertiary alicyclic amines) is 1. The number of methoxy groups -OCH3 is 1. The fourth-order valence-electron chi connectivity index (χ4n) is 5.25. The van der Waals surface area contributed by atoms with Gasteiger partial charge in [0.2, 0.25) is 0 Å². The van der Waals surface area contributed by atoms with Gasteiger partial charge in [0.05, 0.1) is 18.2 Å². The molecule has 0 saturated carbocycles. The summed E-state index contributed by atoms with van der Waals surface area (Å²) < 4.78 is 7.20. The van der Waals surface area contributed by atoms with E-state index in [4.69, 9.17) is 4.74 Å². The van der Waals surface area contributed by atoms with Crippen molar-refractivity contribution in [3.63, 3.8) is 0 Å². The number of hydrogen-bond acceptors (Lipinski definition) is 4. The zero-order chi connectivity index (χ0) is 23.1. The lowest BCUT2D eigenvalue weighted by molar-refractivity contribution is -0.140. The van der Waals surface area contributed by atoms with Gasteiger partial charge in [-0.2, -0.15) is 0 Å². The van der Waals surface area contributed by atoms with Crippen molar-refractivity contribution in [2.75, 3.05) is 20.3 Å². The van der Waals surface area contributed by atoms with Gasteiger partial charge in [-0.25, -0.2) is 0 Å². The first-order valence-corrected chi connectivity index (χ1v) is 11.4. The highest BCUT2D eigenvalue weighted by molar-refractivity contribution is 6.46. The Morgan fingerprint density at radius 2 is 1.85 bits per heavy atom. The van der Waals surface area contributed by atoms with E-state index in [1.165, 1.54) is 22.4 Å². The zero-order valence-electron chi connectivity index (χ0n) is 19.0. The summed E-state index contributed by atoms with van der Waals surface area (Å²) >= 11 is 0. The number of aliphatic hydroxyl groups is 1. The Bertz CT molecular complexity index is 1290. The molecule has 1 aromatic heterocycles. The summed E-state index contributed by atoms with van der Waals surface area (Å²) in [7, 11) is 3.51. The van der Waals surface area contributed by atoms with Gasteiger partial charge in [-0.05, 0) is 48.9 Å². The van der Waals surface area contributed by atoms with Crippen molar-refractivity contribution in [2.24, 2.45) is 7.05 Å². The fraction of sp³-hybridized carbons (Fsp3) is 0.333. The van der Waals surface area contributed by atoms with Crippen molar-refractivity contribution in [3.05, 3.63) is 76.5 Å². The van der Waals surface area contributed by atoms with Gasteiger partial charge in [0.15, 0.2) is 0 Å². The predicted octanol–water partition coefficient (Wildman–Crippen LogP) is 4.13. The molecule has 1 saturated heterocycles. The minimum absolute atomic E-state index is 0.112. The van der Waals surface area contributed by atoms with Crippen LogP contribution in [-0.4, -0.2) is 46.5 Å². The molecular weight excluding hydrogens is 416 g/mol. The summed E-state index contributed by atoms with van der Waals surface area (Å²) in [6.07, 6.45) is 6.24. The van der Waals surface area contributed by atoms with Crippen LogP contribution >= 0.6 is 0 Å². The molecule has 170 valence electrons. The SMILES string of the molecule is COCCN1C(=O)C(=O)/C(=C(/O)c2ccc3c(c2)CCCC3)C1c1cn(C)c2ccccc12. The highest BCUT2D eigenvalue weighted by atomic mass is 16.5. The Morgan fingerprint density at radius 1 is 1.09 bits per heavy atom. The summed E-state index contributed by atoms with van der Waals surface area (Å²) in [6, 6.07) is 13.1. The number of rotatable bonds is 5. The highest BCUT2D eigenvalue weighted by Gasteiger charge is 2.46. The summed E-state index contributed by atoms with van der Waals surface area (Å²) in [5, 5.41) is 12.4. The molecule has 1 aliphatic carbocycles. The molecule has 6 heteroatoms. The fourth-order valence-corrected chi connectivity index (χ4v) is 5.25. The molecule has 1 atom stereocenters. The second-order valence-corrected chi connectivity index (χ2v) is 8.89. The Kier molecular flexibility index (Phi) is 5.54. The second kappa shape index (κ2) is 8.52. The van der Waals surface area contributed by atoms with Gasteiger partial charge in [0.1, 0.15) is 5.76 Å². The average Bonchev–Trinajstić information content (AvgIpc) is 3.30. The van der Waals surface area contributed by atoms with Crippen LogP contribution in [0.15, 0.2) is 54.2 Å². The number of hydrogen-bond donors (Lipinski definition) is 1. The molecule has 0 bridgehead atoms. The molecule has 2 heterocycles. The van der Waals surface area contributed by atoms with E-state index in [1.807, 2.05) is 60.3 Å². The topological polar surface area (TPSA) is 71.8 Å². The van der Waals surface area contributed by atoms with Crippen LogP contribution in [0.2, 0.25) is 0 Å². The van der Waals surface area contributed by atoms with Crippen molar-refractivity contribution in [1.29, 1.82) is 0 Å². The van der Waals surface area contributed by atoms with Gasteiger partial charge >= 0.3 is 0 Å². The van der Waals surface area contributed by atoms with Crippen LogP contribution in [-0.2, 0) is 34.2 Å². The minimum Gasteiger partial charge on any atom is -0.507 e. The molecule has 1 N–H and O–H groups in total. The first kappa shape index (κ1) is 21.5. The van der Waals surface area contributed by atoms with Crippen LogP contribution in [0.25, 0.3) is 16.7 Å². The van der Waals surface area contributed by atoms with Crippen molar-refractivity contribution < 1.29 is 19.4 Å². The van der Waals surface area contributed by atoms with E-state index in [0.717, 1.165) is 35.7 Å². The number of Topliss-reactive ketones (excluding diaryl/α,β-unsaturated/α-hetero) is 1. The summed E-state index contributed by atoms with van der Waals surface area (Å²) in [5.41, 5.74) is 5.06. The number of carbonyl (C=O) groups excluding carboxylic acids is 2. The van der Waals surface area contributed by atoms with Crippen LogP contribution in [0.1, 0.15) is 41.1 Å². The third kappa shape index (κ3) is 3.55. The number of nitrogens with zero attached hydrogens (tertiary/aromatic N) is 2. The van der Waals surface area contributed by atoms with E-state index >= 15 is 0 Å². The molecule has 0 spiro atoms. The number of aromatic nitrogens is 1. The Labute approximate surface area is 193 Å². The maximum Gasteiger partial charge on any atom is 0.295 e. The third-order valence-electron chi connectivity index (χ3n) is 6.92. The van der Waals surface area contributed by atoms with E-state index in [2.05, 4.69) is 0 Å². The number of aliphatic hydroxyl groups excluding tert-OH is 1. The van der Waals surface area contributed by atoms with Crippen LogP contribution in [0, 0.1) is 0 Å². The van der Waals surface area contributed by atoms with Crippen molar-refractivity contribution >= 4 is 28.4 Å². The number of fused-ring (bicyclic) bond motifs is 2. The normalized spacial score (nSPS) is 19.9. The zero-order valence-corrected chi connectivity index (χ0v) is 19.0. The maximum atomic E-state index is 13.3. The number of amides is 1. The predicted molar refractivity (Wildman–Crippen MR) is 127 cm³/mol. The van der Waals surface area contributed by atoms with Crippen molar-refractivity contribution in [1.82, 2.24) is 9.47 Å². The van der Waals surface area contributed by atoms with E-state index in [-0.39, 0.29) is 17.9 Å². The molecule has 1 aliphatic heterocycles. The van der Waals surface area contributed by atoms with Crippen LogP contribution in [0.3, 0.4) is 0 Å². The summed E-state index contributed by atoms with van der Waals surface area (Å²) in [5.74, 6) is -1.37. The van der Waals surface area contributed by atoms with Gasteiger partial charge in [-0.1, -0.05) is 30.3 Å². The molecule has 1 fully saturated rings. The monoisotopic (exact) mass is 444 g/mol. The lowest BCUT2D eigenvalue weighted by atomic mass is 9.88. The van der Waals surface area contributed by atoms with Crippen LogP contribution in [0.4, 0.5) is 0 Å². The summed E-state index contributed by atoms with van der Waals surface area (Å²) in [4.78, 5) is 27.9. The number of benzene rings is 2. The van der Waals surface area contributed by atoms with Crippen molar-refractivity contribution in [2.45, 2.75) is 31.7 Å². The largest absolute Gasteiger partial charge is 0.507 e. The molecule has 2 aliphatic rings. The van der Waals surface area contributed by atoms with Crippen molar-refractivity contribution in [3.8, 4) is 0 Å². The average molecular weight is 445 g/mol. The van der Waals surface area contributed by atoms with E-state index in [1.54, 1.807) is 7.11 Å². The molecule has 5 rings (SSSR count). The first-order valence-electron chi connectivity index (χ1n) is 11.4. The Morgan fingerprint density at radius 3 is 2.64 bits per heavy atom. The first-order chi connectivity index (χ1) is 16.0. The molecule has 2 aromatic carbocycles. The van der Waals surface area contributed by atoms with Crippen LogP contribution in [0.5, 0.6) is 0 Å². The van der Waals surface area contributed by atoms with E-state index < -0.39 is 17.7 Å². The van der Waals surface area contributed by atoms with E-state index in [0.29, 0.717) is 12.2 Å². The molecule has 6 nitrogen and oxygen atoms in total. The number of ketones is 1. The molecule has 0 radical (unpaired) electrons. The molecule has 3 aromatic rings. The third-order valence-corrected chi connectivity index (χ3v) is 6.92. The summed E-state index contributed by atoms with van der Waals surface area (Å²) in [6.45, 7) is 0.559. The van der Waals surface area contributed by atoms with Gasteiger partial charge in [-0.3, -0.25) is 9.59 Å². The number of aryl methyl sites for hydroxylation is 3. The Balaban J connectivity index is 1.70. The molecule has 1 unspecified atom stereocenters. The molecular formula is C27H28N2O4. The van der Waals surface area contributed by atoms with Gasteiger partial charge in [0.25, 0.3) is 11.7 Å². The lowest BCUT2D eigenvalue weighted by Gasteiger charge is -2.24. The number of ether oxygens (including phenoxy) is 1. The standard InChI is InChI=1S/C27H28N2O4/c1-28-16-21(20-9-5-6-10-22(20)28)24-23(26(31)27(32)29(24)13-14-33-2)25(30)19-12-11-17-7-3-4-8-18(17)15-19/h5-6,9-12,15-16,24,30H,3-4,7-8,13-14H2,1-2H3/b25-23+. The van der Waals surface area contributed by atoms with E-state index in [9.17, 15) is 14.7 Å². The van der Waals surface area contributed by atoms with Gasteiger partial charge in [-0.15, -0.1) is 0 Å². The number of carbonyl (C=O) groups is 2.